The molecule has 92 valence electrons. The topological polar surface area (TPSA) is 68.0 Å². The predicted molar refractivity (Wildman–Crippen MR) is 60.1 cm³/mol. The van der Waals surface area contributed by atoms with E-state index in [1.165, 1.54) is 12.1 Å². The Labute approximate surface area is 102 Å². The smallest absolute Gasteiger partial charge is 0.232 e. The molecule has 2 aromatic rings. The van der Waals surface area contributed by atoms with E-state index in [0.717, 1.165) is 0 Å². The molecule has 1 aliphatic rings. The number of carbonyl (C=O) groups is 1. The van der Waals surface area contributed by atoms with Crippen molar-refractivity contribution in [3.05, 3.63) is 36.0 Å². The minimum Gasteiger partial charge on any atom is -0.355 e. The third-order valence-electron chi connectivity index (χ3n) is 2.87. The molecule has 1 aromatic heterocycles. The number of hydrogen-bond donors (Lipinski definition) is 1. The van der Waals surface area contributed by atoms with Gasteiger partial charge in [0, 0.05) is 18.5 Å². The van der Waals surface area contributed by atoms with Gasteiger partial charge in [-0.2, -0.15) is 4.98 Å². The Balaban J connectivity index is 1.85. The summed E-state index contributed by atoms with van der Waals surface area (Å²) in [5, 5.41) is 6.55. The second-order valence-electron chi connectivity index (χ2n) is 4.17. The lowest BCUT2D eigenvalue weighted by molar-refractivity contribution is -0.119. The lowest BCUT2D eigenvalue weighted by Gasteiger charge is -1.97. The van der Waals surface area contributed by atoms with Crippen LogP contribution < -0.4 is 5.32 Å². The summed E-state index contributed by atoms with van der Waals surface area (Å²) in [5.74, 6) is 0.450. The van der Waals surface area contributed by atoms with Crippen molar-refractivity contribution < 1.29 is 13.7 Å². The van der Waals surface area contributed by atoms with Gasteiger partial charge in [-0.3, -0.25) is 4.79 Å². The van der Waals surface area contributed by atoms with Crippen molar-refractivity contribution in [2.75, 3.05) is 6.54 Å². The third-order valence-corrected chi connectivity index (χ3v) is 2.87. The normalized spacial score (nSPS) is 18.9. The monoisotopic (exact) mass is 247 g/mol. The van der Waals surface area contributed by atoms with Gasteiger partial charge in [0.15, 0.2) is 0 Å². The maximum absolute atomic E-state index is 12.8. The van der Waals surface area contributed by atoms with Gasteiger partial charge in [0.05, 0.1) is 5.92 Å². The van der Waals surface area contributed by atoms with Crippen LogP contribution in [0.1, 0.15) is 18.2 Å². The van der Waals surface area contributed by atoms with E-state index < -0.39 is 0 Å². The van der Waals surface area contributed by atoms with Gasteiger partial charge in [-0.1, -0.05) is 5.16 Å². The Bertz CT molecular complexity index is 579. The zero-order valence-electron chi connectivity index (χ0n) is 9.39. The minimum atomic E-state index is -0.312. The van der Waals surface area contributed by atoms with Gasteiger partial charge in [0.25, 0.3) is 0 Å². The highest BCUT2D eigenvalue weighted by molar-refractivity contribution is 5.79. The van der Waals surface area contributed by atoms with Crippen LogP contribution in [0.15, 0.2) is 28.8 Å². The molecule has 0 aliphatic carbocycles. The Kier molecular flexibility index (Phi) is 2.55. The molecule has 1 amide bonds. The minimum absolute atomic E-state index is 0.0125. The van der Waals surface area contributed by atoms with E-state index in [0.29, 0.717) is 30.2 Å². The van der Waals surface area contributed by atoms with Crippen LogP contribution in [0.4, 0.5) is 4.39 Å². The van der Waals surface area contributed by atoms with Gasteiger partial charge in [-0.05, 0) is 24.3 Å². The molecule has 0 bridgehead atoms. The zero-order chi connectivity index (χ0) is 12.5. The summed E-state index contributed by atoms with van der Waals surface area (Å²) in [6.07, 6.45) is 0.366. The number of halogens is 1. The predicted octanol–water partition coefficient (Wildman–Crippen LogP) is 1.48. The molecule has 0 saturated carbocycles. The van der Waals surface area contributed by atoms with Gasteiger partial charge >= 0.3 is 0 Å². The summed E-state index contributed by atoms with van der Waals surface area (Å²) in [6.45, 7) is 0.518. The van der Waals surface area contributed by atoms with Crippen molar-refractivity contribution in [1.82, 2.24) is 15.5 Å². The molecule has 0 radical (unpaired) electrons. The van der Waals surface area contributed by atoms with Gasteiger partial charge in [0.1, 0.15) is 5.82 Å². The van der Waals surface area contributed by atoms with E-state index >= 15 is 0 Å². The number of nitrogens with zero attached hydrogens (tertiary/aromatic N) is 2. The van der Waals surface area contributed by atoms with E-state index in [4.69, 9.17) is 4.52 Å². The van der Waals surface area contributed by atoms with Crippen molar-refractivity contribution in [2.45, 2.75) is 12.3 Å². The van der Waals surface area contributed by atoms with Gasteiger partial charge in [-0.15, -0.1) is 0 Å². The molecule has 1 saturated heterocycles. The summed E-state index contributed by atoms with van der Waals surface area (Å²) in [5.41, 5.74) is 0.684. The molecule has 2 heterocycles. The molecule has 1 atom stereocenters. The van der Waals surface area contributed by atoms with Gasteiger partial charge < -0.3 is 9.84 Å². The van der Waals surface area contributed by atoms with E-state index in [2.05, 4.69) is 15.5 Å². The summed E-state index contributed by atoms with van der Waals surface area (Å²) in [7, 11) is 0. The maximum Gasteiger partial charge on any atom is 0.232 e. The van der Waals surface area contributed by atoms with Crippen LogP contribution in [-0.2, 0) is 4.79 Å². The lowest BCUT2D eigenvalue weighted by Crippen LogP contribution is -2.13. The van der Waals surface area contributed by atoms with Crippen LogP contribution in [0, 0.1) is 5.82 Å². The highest BCUT2D eigenvalue weighted by atomic mass is 19.1. The Morgan fingerprint density at radius 1 is 1.33 bits per heavy atom. The molecular formula is C12H10FN3O2. The molecule has 1 aromatic carbocycles. The number of nitrogens with one attached hydrogen (secondary N) is 1. The summed E-state index contributed by atoms with van der Waals surface area (Å²) >= 11 is 0. The average molecular weight is 247 g/mol. The number of hydrogen-bond acceptors (Lipinski definition) is 4. The number of rotatable bonds is 2. The first-order valence-electron chi connectivity index (χ1n) is 5.58. The number of benzene rings is 1. The lowest BCUT2D eigenvalue weighted by atomic mass is 10.1. The second kappa shape index (κ2) is 4.21. The first-order valence-corrected chi connectivity index (χ1v) is 5.58. The number of carbonyl (C=O) groups excluding carboxylic acids is 1. The van der Waals surface area contributed by atoms with Crippen molar-refractivity contribution in [1.29, 1.82) is 0 Å². The maximum atomic E-state index is 12.8. The van der Waals surface area contributed by atoms with Crippen LogP contribution in [-0.4, -0.2) is 22.6 Å². The second-order valence-corrected chi connectivity index (χ2v) is 4.17. The summed E-state index contributed by atoms with van der Waals surface area (Å²) in [6, 6.07) is 5.85. The van der Waals surface area contributed by atoms with Crippen LogP contribution in [0.5, 0.6) is 0 Å². The van der Waals surface area contributed by atoms with Gasteiger partial charge in [-0.25, -0.2) is 4.39 Å². The quantitative estimate of drug-likeness (QED) is 0.872. The van der Waals surface area contributed by atoms with Crippen molar-refractivity contribution in [3.63, 3.8) is 0 Å². The van der Waals surface area contributed by atoms with Crippen molar-refractivity contribution >= 4 is 5.91 Å². The van der Waals surface area contributed by atoms with E-state index in [1.807, 2.05) is 0 Å². The third kappa shape index (κ3) is 1.97. The first-order chi connectivity index (χ1) is 8.72. The molecule has 3 rings (SSSR count). The summed E-state index contributed by atoms with van der Waals surface area (Å²) < 4.78 is 17.9. The highest BCUT2D eigenvalue weighted by Gasteiger charge is 2.28. The Hall–Kier alpha value is -2.24. The fourth-order valence-electron chi connectivity index (χ4n) is 1.90. The van der Waals surface area contributed by atoms with E-state index in [1.54, 1.807) is 12.1 Å². The van der Waals surface area contributed by atoms with Crippen molar-refractivity contribution in [3.8, 4) is 11.4 Å². The zero-order valence-corrected chi connectivity index (χ0v) is 9.39. The molecule has 1 unspecified atom stereocenters. The Morgan fingerprint density at radius 2 is 2.11 bits per heavy atom. The van der Waals surface area contributed by atoms with Crippen LogP contribution >= 0.6 is 0 Å². The molecular weight excluding hydrogens is 237 g/mol. The highest BCUT2D eigenvalue weighted by Crippen LogP contribution is 2.24. The van der Waals surface area contributed by atoms with Crippen LogP contribution in [0.2, 0.25) is 0 Å². The molecule has 5 nitrogen and oxygen atoms in total. The number of amides is 1. The van der Waals surface area contributed by atoms with E-state index in [-0.39, 0.29) is 17.6 Å². The molecule has 1 N–H and O–H groups in total. The number of aromatic nitrogens is 2. The average Bonchev–Trinajstić information content (AvgIpc) is 2.98. The summed E-state index contributed by atoms with van der Waals surface area (Å²) in [4.78, 5) is 15.3. The van der Waals surface area contributed by atoms with E-state index in [9.17, 15) is 9.18 Å². The fraction of sp³-hybridized carbons (Fsp3) is 0.250. The SMILES string of the molecule is O=C1CC(c2nc(-c3ccc(F)cc3)no2)CN1. The largest absolute Gasteiger partial charge is 0.355 e. The molecule has 6 heteroatoms. The standard InChI is InChI=1S/C12H10FN3O2/c13-9-3-1-7(2-4-9)11-15-12(18-16-11)8-5-10(17)14-6-8/h1-4,8H,5-6H2,(H,14,17). The Morgan fingerprint density at radius 3 is 2.78 bits per heavy atom. The van der Waals surface area contributed by atoms with Crippen molar-refractivity contribution in [2.24, 2.45) is 0 Å². The molecule has 1 fully saturated rings. The van der Waals surface area contributed by atoms with Gasteiger partial charge in [0.2, 0.25) is 17.6 Å². The first kappa shape index (κ1) is 10.9. The fourth-order valence-corrected chi connectivity index (χ4v) is 1.90. The molecule has 0 spiro atoms. The molecule has 18 heavy (non-hydrogen) atoms. The van der Waals surface area contributed by atoms with Crippen LogP contribution in [0.25, 0.3) is 11.4 Å². The van der Waals surface area contributed by atoms with Crippen LogP contribution in [0.3, 0.4) is 0 Å². The molecule has 1 aliphatic heterocycles.